The molecule has 1 aliphatic carbocycles. The van der Waals surface area contributed by atoms with Gasteiger partial charge in [-0.15, -0.1) is 0 Å². The minimum absolute atomic E-state index is 0.324. The molecule has 2 saturated heterocycles. The zero-order chi connectivity index (χ0) is 23.8. The second-order valence-electron chi connectivity index (χ2n) is 8.65. The van der Waals surface area contributed by atoms with Gasteiger partial charge in [-0.3, -0.25) is 18.5 Å². The minimum atomic E-state index is -4.49. The van der Waals surface area contributed by atoms with E-state index in [0.29, 0.717) is 12.8 Å². The Hall–Kier alpha value is -2.26. The number of ether oxygens (including phenoxy) is 4. The summed E-state index contributed by atoms with van der Waals surface area (Å²) in [4.78, 5) is 37.7. The summed E-state index contributed by atoms with van der Waals surface area (Å²) in [5, 5.41) is 0. The van der Waals surface area contributed by atoms with Gasteiger partial charge in [0.1, 0.15) is 24.4 Å². The molecule has 0 radical (unpaired) electrons. The van der Waals surface area contributed by atoms with Crippen LogP contribution in [0.25, 0.3) is 0 Å². The number of H-pyrrole nitrogens is 1. The molecule has 14 heteroatoms. The average Bonchev–Trinajstić information content (AvgIpc) is 3.20. The molecule has 3 aliphatic rings. The summed E-state index contributed by atoms with van der Waals surface area (Å²) in [5.74, 6) is -1.03. The number of hydrogen-bond acceptors (Lipinski definition) is 10. The van der Waals surface area contributed by atoms with Crippen molar-refractivity contribution in [2.24, 2.45) is 0 Å². The highest BCUT2D eigenvalue weighted by Crippen LogP contribution is 2.42. The van der Waals surface area contributed by atoms with Crippen LogP contribution in [0.5, 0.6) is 0 Å². The lowest BCUT2D eigenvalue weighted by molar-refractivity contribution is -0.199. The molecule has 4 rings (SSSR count). The Bertz CT molecular complexity index is 1090. The van der Waals surface area contributed by atoms with Gasteiger partial charge < -0.3 is 18.9 Å². The molecule has 3 heterocycles. The normalized spacial score (nSPS) is 29.5. The van der Waals surface area contributed by atoms with Crippen molar-refractivity contribution in [1.29, 1.82) is 0 Å². The van der Waals surface area contributed by atoms with Crippen molar-refractivity contribution < 1.29 is 36.3 Å². The van der Waals surface area contributed by atoms with Crippen molar-refractivity contribution in [2.45, 2.75) is 82.4 Å². The van der Waals surface area contributed by atoms with E-state index in [-0.39, 0.29) is 6.10 Å². The second-order valence-corrected chi connectivity index (χ2v) is 10.0. The van der Waals surface area contributed by atoms with Gasteiger partial charge in [-0.05, 0) is 39.5 Å². The summed E-state index contributed by atoms with van der Waals surface area (Å²) in [6, 6.07) is 1.15. The number of nitrogens with one attached hydrogen (secondary N) is 2. The molecule has 1 saturated carbocycles. The van der Waals surface area contributed by atoms with Gasteiger partial charge in [0, 0.05) is 12.3 Å². The van der Waals surface area contributed by atoms with Crippen LogP contribution in [0, 0.1) is 0 Å². The Balaban J connectivity index is 1.41. The first-order chi connectivity index (χ1) is 15.5. The summed E-state index contributed by atoms with van der Waals surface area (Å²) in [5.41, 5.74) is -1.30. The van der Waals surface area contributed by atoms with Crippen molar-refractivity contribution in [1.82, 2.24) is 14.3 Å². The molecular formula is C19H27N3O10S. The smallest absolute Gasteiger partial charge is 0.422 e. The van der Waals surface area contributed by atoms with Crippen LogP contribution in [-0.2, 0) is 33.4 Å². The first kappa shape index (κ1) is 23.9. The third kappa shape index (κ3) is 5.63. The van der Waals surface area contributed by atoms with E-state index in [1.807, 2.05) is 0 Å². The molecule has 2 unspecified atom stereocenters. The number of aromatic amines is 1. The van der Waals surface area contributed by atoms with Gasteiger partial charge in [-0.2, -0.15) is 13.1 Å². The molecule has 0 spiro atoms. The van der Waals surface area contributed by atoms with Crippen LogP contribution in [0.15, 0.2) is 21.9 Å². The van der Waals surface area contributed by atoms with Gasteiger partial charge in [0.25, 0.3) is 5.56 Å². The third-order valence-corrected chi connectivity index (χ3v) is 6.54. The summed E-state index contributed by atoms with van der Waals surface area (Å²) in [7, 11) is -4.49. The first-order valence-electron chi connectivity index (χ1n) is 10.7. The van der Waals surface area contributed by atoms with E-state index in [4.69, 9.17) is 23.1 Å². The molecule has 3 fully saturated rings. The van der Waals surface area contributed by atoms with Crippen molar-refractivity contribution in [3.05, 3.63) is 33.1 Å². The predicted octanol–water partition coefficient (Wildman–Crippen LogP) is 0.274. The highest BCUT2D eigenvalue weighted by molar-refractivity contribution is 7.85. The van der Waals surface area contributed by atoms with E-state index in [2.05, 4.69) is 4.98 Å². The molecular weight excluding hydrogens is 462 g/mol. The number of carbonyl (C=O) groups is 1. The lowest BCUT2D eigenvalue weighted by Crippen LogP contribution is -2.39. The topological polar surface area (TPSA) is 164 Å². The monoisotopic (exact) mass is 489 g/mol. The maximum atomic E-state index is 12.2. The van der Waals surface area contributed by atoms with Gasteiger partial charge >= 0.3 is 22.1 Å². The minimum Gasteiger partial charge on any atom is -0.446 e. The Morgan fingerprint density at radius 3 is 2.61 bits per heavy atom. The number of amides is 1. The highest BCUT2D eigenvalue weighted by atomic mass is 32.2. The molecule has 2 N–H and O–H groups in total. The number of rotatable bonds is 6. The van der Waals surface area contributed by atoms with Gasteiger partial charge in [-0.1, -0.05) is 6.42 Å². The van der Waals surface area contributed by atoms with Crippen molar-refractivity contribution >= 4 is 16.4 Å². The summed E-state index contributed by atoms with van der Waals surface area (Å²) in [6.45, 7) is 2.81. The lowest BCUT2D eigenvalue weighted by Gasteiger charge is -2.24. The fourth-order valence-electron chi connectivity index (χ4n) is 4.29. The number of aromatic nitrogens is 2. The van der Waals surface area contributed by atoms with Gasteiger partial charge in [0.2, 0.25) is 0 Å². The number of nitrogens with zero attached hydrogens (tertiary/aromatic N) is 1. The quantitative estimate of drug-likeness (QED) is 0.567. The van der Waals surface area contributed by atoms with E-state index in [0.717, 1.165) is 29.9 Å². The summed E-state index contributed by atoms with van der Waals surface area (Å²) >= 11 is 0. The molecule has 184 valence electrons. The molecule has 33 heavy (non-hydrogen) atoms. The van der Waals surface area contributed by atoms with Crippen LogP contribution in [0.1, 0.15) is 52.2 Å². The third-order valence-electron chi connectivity index (χ3n) is 5.67. The molecule has 2 aliphatic heterocycles. The zero-order valence-electron chi connectivity index (χ0n) is 18.2. The molecule has 0 bridgehead atoms. The van der Waals surface area contributed by atoms with Crippen molar-refractivity contribution in [3.63, 3.8) is 0 Å². The molecule has 0 aromatic carbocycles. The Kier molecular flexibility index (Phi) is 6.64. The fraction of sp³-hybridized carbons (Fsp3) is 0.737. The summed E-state index contributed by atoms with van der Waals surface area (Å²) in [6.07, 6.45) is 0.591. The van der Waals surface area contributed by atoms with E-state index >= 15 is 0 Å². The van der Waals surface area contributed by atoms with Crippen LogP contribution >= 0.6 is 0 Å². The molecule has 13 nitrogen and oxygen atoms in total. The van der Waals surface area contributed by atoms with Crippen LogP contribution in [0.4, 0.5) is 4.79 Å². The zero-order valence-corrected chi connectivity index (χ0v) is 19.0. The number of fused-ring (bicyclic) bond motifs is 1. The second kappa shape index (κ2) is 9.18. The van der Waals surface area contributed by atoms with Crippen LogP contribution in [0.2, 0.25) is 0 Å². The van der Waals surface area contributed by atoms with Gasteiger partial charge in [-0.25, -0.2) is 9.59 Å². The van der Waals surface area contributed by atoms with Crippen molar-refractivity contribution in [3.8, 4) is 0 Å². The first-order valence-corrected chi connectivity index (χ1v) is 12.1. The van der Waals surface area contributed by atoms with Crippen molar-refractivity contribution in [2.75, 3.05) is 6.61 Å². The number of hydrogen-bond donors (Lipinski definition) is 2. The maximum absolute atomic E-state index is 12.2. The predicted molar refractivity (Wildman–Crippen MR) is 110 cm³/mol. The molecule has 1 aromatic rings. The van der Waals surface area contributed by atoms with Crippen LogP contribution < -0.4 is 16.0 Å². The van der Waals surface area contributed by atoms with Gasteiger partial charge in [0.15, 0.2) is 12.0 Å². The molecule has 4 atom stereocenters. The largest absolute Gasteiger partial charge is 0.446 e. The van der Waals surface area contributed by atoms with Crippen LogP contribution in [0.3, 0.4) is 0 Å². The average molecular weight is 490 g/mol. The number of carbonyl (C=O) groups excluding carboxylic acids is 1. The van der Waals surface area contributed by atoms with Crippen LogP contribution in [-0.4, -0.2) is 60.9 Å². The Morgan fingerprint density at radius 1 is 1.21 bits per heavy atom. The highest BCUT2D eigenvalue weighted by Gasteiger charge is 2.56. The lowest BCUT2D eigenvalue weighted by atomic mass is 9.98. The molecule has 1 aromatic heterocycles. The van der Waals surface area contributed by atoms with E-state index < -0.39 is 64.6 Å². The SMILES string of the molecule is CC1(C)OC2C(COS(=O)(=O)NC(=O)OC3CCCCC3)O[C@@H](n3ccc(=O)[nH]c3=O)[C@@H]2O1. The van der Waals surface area contributed by atoms with E-state index in [9.17, 15) is 22.8 Å². The Labute approximate surface area is 189 Å². The fourth-order valence-corrected chi connectivity index (χ4v) is 4.92. The van der Waals surface area contributed by atoms with Gasteiger partial charge in [0.05, 0.1) is 6.61 Å². The molecule has 1 amide bonds. The van der Waals surface area contributed by atoms with E-state index in [1.165, 1.54) is 6.20 Å². The Morgan fingerprint density at radius 2 is 1.91 bits per heavy atom. The standard InChI is InChI=1S/C19H27N3O10S/c1-19(2)31-14-12(30-16(15(14)32-19)22-9-8-13(23)20-17(22)24)10-28-33(26,27)21-18(25)29-11-6-4-3-5-7-11/h8-9,11-12,14-16H,3-7,10H2,1-2H3,(H,21,25)(H,20,23,24)/t12?,14?,15-,16-/m1/s1. The van der Waals surface area contributed by atoms with E-state index in [1.54, 1.807) is 18.6 Å². The summed E-state index contributed by atoms with van der Waals surface area (Å²) < 4.78 is 54.9. The maximum Gasteiger partial charge on any atom is 0.422 e.